The number of aromatic nitrogens is 4. The van der Waals surface area contributed by atoms with E-state index in [0.717, 1.165) is 36.5 Å². The molecule has 5 heteroatoms. The van der Waals surface area contributed by atoms with Crippen LogP contribution < -0.4 is 0 Å². The van der Waals surface area contributed by atoms with Gasteiger partial charge in [0, 0.05) is 6.20 Å². The zero-order valence-electron chi connectivity index (χ0n) is 8.55. The summed E-state index contributed by atoms with van der Waals surface area (Å²) in [6.07, 6.45) is 4.47. The van der Waals surface area contributed by atoms with Crippen LogP contribution in [0.25, 0.3) is 11.2 Å². The van der Waals surface area contributed by atoms with Gasteiger partial charge < -0.3 is 4.74 Å². The van der Waals surface area contributed by atoms with Gasteiger partial charge in [0.05, 0.1) is 25.1 Å². The largest absolute Gasteiger partial charge is 0.377 e. The minimum atomic E-state index is 0.337. The third-order valence-corrected chi connectivity index (χ3v) is 2.68. The third kappa shape index (κ3) is 1.31. The monoisotopic (exact) mass is 204 g/mol. The zero-order chi connectivity index (χ0) is 10.3. The SMILES string of the molecule is CCc1cnc2cnn(C3COC3)c2n1. The van der Waals surface area contributed by atoms with Crippen molar-refractivity contribution in [3.8, 4) is 0 Å². The van der Waals surface area contributed by atoms with Crippen LogP contribution in [0.15, 0.2) is 12.4 Å². The van der Waals surface area contributed by atoms with Crippen molar-refractivity contribution in [2.24, 2.45) is 0 Å². The van der Waals surface area contributed by atoms with Crippen molar-refractivity contribution >= 4 is 11.2 Å². The molecule has 1 fully saturated rings. The van der Waals surface area contributed by atoms with Crippen LogP contribution >= 0.6 is 0 Å². The summed E-state index contributed by atoms with van der Waals surface area (Å²) in [5.41, 5.74) is 2.74. The minimum Gasteiger partial charge on any atom is -0.377 e. The van der Waals surface area contributed by atoms with Gasteiger partial charge in [0.25, 0.3) is 0 Å². The van der Waals surface area contributed by atoms with E-state index in [-0.39, 0.29) is 0 Å². The maximum Gasteiger partial charge on any atom is 0.177 e. The van der Waals surface area contributed by atoms with E-state index in [1.807, 2.05) is 10.9 Å². The average molecular weight is 204 g/mol. The van der Waals surface area contributed by atoms with Gasteiger partial charge in [-0.3, -0.25) is 0 Å². The number of hydrogen-bond donors (Lipinski definition) is 0. The molecule has 3 rings (SSSR count). The Morgan fingerprint density at radius 1 is 1.47 bits per heavy atom. The van der Waals surface area contributed by atoms with E-state index in [1.54, 1.807) is 6.20 Å². The van der Waals surface area contributed by atoms with Gasteiger partial charge in [-0.2, -0.15) is 5.10 Å². The lowest BCUT2D eigenvalue weighted by Gasteiger charge is -2.26. The van der Waals surface area contributed by atoms with Gasteiger partial charge >= 0.3 is 0 Å². The predicted octanol–water partition coefficient (Wildman–Crippen LogP) is 0.960. The van der Waals surface area contributed by atoms with Gasteiger partial charge in [0.1, 0.15) is 11.6 Å². The van der Waals surface area contributed by atoms with Gasteiger partial charge in [-0.05, 0) is 6.42 Å². The molecule has 1 aliphatic heterocycles. The maximum absolute atomic E-state index is 5.16. The molecule has 0 saturated carbocycles. The Bertz CT molecular complexity index is 489. The van der Waals surface area contributed by atoms with Crippen molar-refractivity contribution in [3.05, 3.63) is 18.1 Å². The van der Waals surface area contributed by atoms with Crippen LogP contribution in [0.2, 0.25) is 0 Å². The minimum absolute atomic E-state index is 0.337. The molecule has 0 aliphatic carbocycles. The number of rotatable bonds is 2. The summed E-state index contributed by atoms with van der Waals surface area (Å²) in [6.45, 7) is 3.53. The third-order valence-electron chi connectivity index (χ3n) is 2.68. The summed E-state index contributed by atoms with van der Waals surface area (Å²) in [6, 6.07) is 0.337. The number of ether oxygens (including phenoxy) is 1. The summed E-state index contributed by atoms with van der Waals surface area (Å²) in [7, 11) is 0. The van der Waals surface area contributed by atoms with E-state index in [0.29, 0.717) is 6.04 Å². The molecule has 5 nitrogen and oxygen atoms in total. The molecule has 0 bridgehead atoms. The Morgan fingerprint density at radius 2 is 2.33 bits per heavy atom. The van der Waals surface area contributed by atoms with Crippen molar-refractivity contribution in [2.75, 3.05) is 13.2 Å². The maximum atomic E-state index is 5.16. The second-order valence-corrected chi connectivity index (χ2v) is 3.70. The standard InChI is InChI=1S/C10H12N4O/c1-2-7-3-11-9-4-12-14(10(9)13-7)8-5-15-6-8/h3-4,8H,2,5-6H2,1H3. The molecule has 0 atom stereocenters. The van der Waals surface area contributed by atoms with Crippen molar-refractivity contribution in [2.45, 2.75) is 19.4 Å². The normalized spacial score (nSPS) is 16.9. The molecule has 0 spiro atoms. The molecule has 1 saturated heterocycles. The van der Waals surface area contributed by atoms with E-state index in [2.05, 4.69) is 22.0 Å². The first kappa shape index (κ1) is 8.79. The van der Waals surface area contributed by atoms with Crippen molar-refractivity contribution in [1.82, 2.24) is 19.7 Å². The number of hydrogen-bond acceptors (Lipinski definition) is 4. The van der Waals surface area contributed by atoms with E-state index < -0.39 is 0 Å². The smallest absolute Gasteiger partial charge is 0.177 e. The Hall–Kier alpha value is -1.49. The van der Waals surface area contributed by atoms with Crippen LogP contribution in [-0.4, -0.2) is 33.0 Å². The van der Waals surface area contributed by atoms with Gasteiger partial charge in [-0.25, -0.2) is 14.6 Å². The summed E-state index contributed by atoms with van der Waals surface area (Å²) >= 11 is 0. The first-order valence-electron chi connectivity index (χ1n) is 5.15. The lowest BCUT2D eigenvalue weighted by Crippen LogP contribution is -2.31. The molecule has 2 aromatic heterocycles. The Labute approximate surface area is 87.1 Å². The fourth-order valence-corrected chi connectivity index (χ4v) is 1.66. The van der Waals surface area contributed by atoms with E-state index in [4.69, 9.17) is 4.74 Å². The van der Waals surface area contributed by atoms with Crippen LogP contribution in [0.4, 0.5) is 0 Å². The Morgan fingerprint density at radius 3 is 3.00 bits per heavy atom. The highest BCUT2D eigenvalue weighted by Gasteiger charge is 2.23. The number of aryl methyl sites for hydroxylation is 1. The van der Waals surface area contributed by atoms with Gasteiger partial charge in [0.2, 0.25) is 0 Å². The van der Waals surface area contributed by atoms with Crippen molar-refractivity contribution < 1.29 is 4.74 Å². The lowest BCUT2D eigenvalue weighted by molar-refractivity contribution is -0.0269. The molecule has 1 aliphatic rings. The zero-order valence-corrected chi connectivity index (χ0v) is 8.55. The summed E-state index contributed by atoms with van der Waals surface area (Å²) < 4.78 is 7.08. The predicted molar refractivity (Wildman–Crippen MR) is 54.6 cm³/mol. The highest BCUT2D eigenvalue weighted by Crippen LogP contribution is 2.20. The lowest BCUT2D eigenvalue weighted by atomic mass is 10.2. The highest BCUT2D eigenvalue weighted by molar-refractivity contribution is 5.69. The first-order valence-corrected chi connectivity index (χ1v) is 5.15. The van der Waals surface area contributed by atoms with Crippen LogP contribution in [-0.2, 0) is 11.2 Å². The van der Waals surface area contributed by atoms with Crippen LogP contribution in [0.5, 0.6) is 0 Å². The quantitative estimate of drug-likeness (QED) is 0.731. The van der Waals surface area contributed by atoms with Crippen LogP contribution in [0.3, 0.4) is 0 Å². The fourth-order valence-electron chi connectivity index (χ4n) is 1.66. The first-order chi connectivity index (χ1) is 7.38. The van der Waals surface area contributed by atoms with Gasteiger partial charge in [-0.1, -0.05) is 6.92 Å². The number of nitrogens with zero attached hydrogens (tertiary/aromatic N) is 4. The summed E-state index contributed by atoms with van der Waals surface area (Å²) in [4.78, 5) is 8.87. The van der Waals surface area contributed by atoms with Gasteiger partial charge in [-0.15, -0.1) is 0 Å². The molecule has 0 unspecified atom stereocenters. The number of fused-ring (bicyclic) bond motifs is 1. The second-order valence-electron chi connectivity index (χ2n) is 3.70. The van der Waals surface area contributed by atoms with E-state index >= 15 is 0 Å². The highest BCUT2D eigenvalue weighted by atomic mass is 16.5. The molecule has 0 aromatic carbocycles. The molecule has 3 heterocycles. The molecule has 0 amide bonds. The molecule has 2 aromatic rings. The molecular formula is C10H12N4O. The summed E-state index contributed by atoms with van der Waals surface area (Å²) in [5, 5.41) is 4.30. The van der Waals surface area contributed by atoms with E-state index in [1.165, 1.54) is 0 Å². The van der Waals surface area contributed by atoms with E-state index in [9.17, 15) is 0 Å². The molecule has 15 heavy (non-hydrogen) atoms. The fraction of sp³-hybridized carbons (Fsp3) is 0.500. The molecule has 78 valence electrons. The summed E-state index contributed by atoms with van der Waals surface area (Å²) in [5.74, 6) is 0. The van der Waals surface area contributed by atoms with Gasteiger partial charge in [0.15, 0.2) is 5.65 Å². The van der Waals surface area contributed by atoms with Crippen molar-refractivity contribution in [3.63, 3.8) is 0 Å². The molecular weight excluding hydrogens is 192 g/mol. The molecule has 0 radical (unpaired) electrons. The molecule has 0 N–H and O–H groups in total. The Balaban J connectivity index is 2.13. The van der Waals surface area contributed by atoms with Crippen LogP contribution in [0, 0.1) is 0 Å². The Kier molecular flexibility index (Phi) is 1.92. The average Bonchev–Trinajstić information content (AvgIpc) is 2.59. The topological polar surface area (TPSA) is 52.8 Å². The second kappa shape index (κ2) is 3.27. The van der Waals surface area contributed by atoms with Crippen LogP contribution in [0.1, 0.15) is 18.7 Å². The van der Waals surface area contributed by atoms with Crippen molar-refractivity contribution in [1.29, 1.82) is 0 Å².